The van der Waals surface area contributed by atoms with Gasteiger partial charge in [0, 0.05) is 31.5 Å². The number of aromatic nitrogens is 1. The molecule has 24 heavy (non-hydrogen) atoms. The average Bonchev–Trinajstić information content (AvgIpc) is 3.01. The molecule has 128 valence electrons. The SMILES string of the molecule is CCN1CC[C@H](NCc2cccnc2)[C@H]1c1cc(F)c(F)c(F)c1. The highest BCUT2D eigenvalue weighted by atomic mass is 19.2. The molecule has 1 aromatic heterocycles. The van der Waals surface area contributed by atoms with E-state index >= 15 is 0 Å². The Morgan fingerprint density at radius 2 is 2.00 bits per heavy atom. The summed E-state index contributed by atoms with van der Waals surface area (Å²) in [6.45, 7) is 4.22. The van der Waals surface area contributed by atoms with Crippen LogP contribution in [0.2, 0.25) is 0 Å². The number of hydrogen-bond acceptors (Lipinski definition) is 3. The van der Waals surface area contributed by atoms with Gasteiger partial charge in [-0.15, -0.1) is 0 Å². The summed E-state index contributed by atoms with van der Waals surface area (Å²) in [6, 6.07) is 5.90. The minimum atomic E-state index is -1.42. The van der Waals surface area contributed by atoms with Crippen molar-refractivity contribution < 1.29 is 13.2 Å². The predicted octanol–water partition coefficient (Wildman–Crippen LogP) is 3.42. The Morgan fingerprint density at radius 3 is 2.62 bits per heavy atom. The second kappa shape index (κ2) is 7.32. The molecule has 1 N–H and O–H groups in total. The van der Waals surface area contributed by atoms with Crippen molar-refractivity contribution in [3.05, 3.63) is 65.2 Å². The van der Waals surface area contributed by atoms with Gasteiger partial charge in [-0.2, -0.15) is 0 Å². The Morgan fingerprint density at radius 1 is 1.25 bits per heavy atom. The van der Waals surface area contributed by atoms with Crippen LogP contribution in [0, 0.1) is 17.5 Å². The molecule has 0 aliphatic carbocycles. The zero-order chi connectivity index (χ0) is 17.1. The maximum atomic E-state index is 13.6. The van der Waals surface area contributed by atoms with Crippen molar-refractivity contribution in [2.45, 2.75) is 32.0 Å². The van der Waals surface area contributed by atoms with E-state index in [4.69, 9.17) is 0 Å². The smallest absolute Gasteiger partial charge is 0.194 e. The summed E-state index contributed by atoms with van der Waals surface area (Å²) in [5.74, 6) is -3.70. The van der Waals surface area contributed by atoms with E-state index in [9.17, 15) is 13.2 Å². The third kappa shape index (κ3) is 3.44. The summed E-state index contributed by atoms with van der Waals surface area (Å²) < 4.78 is 40.5. The Bertz CT molecular complexity index is 670. The van der Waals surface area contributed by atoms with Crippen LogP contribution in [-0.4, -0.2) is 29.0 Å². The van der Waals surface area contributed by atoms with E-state index in [2.05, 4.69) is 15.2 Å². The van der Waals surface area contributed by atoms with Crippen molar-refractivity contribution in [1.82, 2.24) is 15.2 Å². The number of rotatable bonds is 5. The summed E-state index contributed by atoms with van der Waals surface area (Å²) in [4.78, 5) is 6.23. The van der Waals surface area contributed by atoms with Gasteiger partial charge in [-0.3, -0.25) is 9.88 Å². The van der Waals surface area contributed by atoms with E-state index in [-0.39, 0.29) is 12.1 Å². The molecule has 3 rings (SSSR count). The lowest BCUT2D eigenvalue weighted by molar-refractivity contribution is 0.246. The number of nitrogens with zero attached hydrogens (tertiary/aromatic N) is 2. The topological polar surface area (TPSA) is 28.2 Å². The standard InChI is InChI=1S/C18H20F3N3/c1-2-24-7-5-16(23-11-12-4-3-6-22-10-12)18(24)13-8-14(19)17(21)15(20)9-13/h3-4,6,8-10,16,18,23H,2,5,7,11H2,1H3/t16-,18+/m0/s1. The van der Waals surface area contributed by atoms with E-state index in [1.54, 1.807) is 12.4 Å². The van der Waals surface area contributed by atoms with Gasteiger partial charge in [0.25, 0.3) is 0 Å². The van der Waals surface area contributed by atoms with Gasteiger partial charge in [0.2, 0.25) is 0 Å². The lowest BCUT2D eigenvalue weighted by atomic mass is 9.99. The van der Waals surface area contributed by atoms with Crippen molar-refractivity contribution in [1.29, 1.82) is 0 Å². The van der Waals surface area contributed by atoms with Crippen LogP contribution in [0.3, 0.4) is 0 Å². The number of benzene rings is 1. The quantitative estimate of drug-likeness (QED) is 0.849. The monoisotopic (exact) mass is 335 g/mol. The van der Waals surface area contributed by atoms with Gasteiger partial charge in [0.15, 0.2) is 17.5 Å². The largest absolute Gasteiger partial charge is 0.308 e. The molecule has 1 fully saturated rings. The Hall–Kier alpha value is -1.92. The number of likely N-dealkylation sites (tertiary alicyclic amines) is 1. The molecule has 2 aromatic rings. The number of pyridine rings is 1. The van der Waals surface area contributed by atoms with Crippen LogP contribution in [0.5, 0.6) is 0 Å². The Labute approximate surface area is 139 Å². The van der Waals surface area contributed by atoms with E-state index in [0.29, 0.717) is 12.1 Å². The fourth-order valence-corrected chi connectivity index (χ4v) is 3.37. The molecular formula is C18H20F3N3. The molecule has 0 bridgehead atoms. The molecule has 0 spiro atoms. The highest BCUT2D eigenvalue weighted by Crippen LogP contribution is 2.33. The third-order valence-corrected chi connectivity index (χ3v) is 4.55. The third-order valence-electron chi connectivity index (χ3n) is 4.55. The van der Waals surface area contributed by atoms with Gasteiger partial charge in [-0.25, -0.2) is 13.2 Å². The molecule has 1 aliphatic heterocycles. The summed E-state index contributed by atoms with van der Waals surface area (Å²) in [6.07, 6.45) is 4.36. The lowest BCUT2D eigenvalue weighted by Gasteiger charge is -2.28. The van der Waals surface area contributed by atoms with Crippen LogP contribution < -0.4 is 5.32 Å². The van der Waals surface area contributed by atoms with Crippen LogP contribution in [0.4, 0.5) is 13.2 Å². The molecule has 0 amide bonds. The summed E-state index contributed by atoms with van der Waals surface area (Å²) >= 11 is 0. The maximum absolute atomic E-state index is 13.6. The highest BCUT2D eigenvalue weighted by Gasteiger charge is 2.35. The Kier molecular flexibility index (Phi) is 5.16. The molecule has 0 unspecified atom stereocenters. The van der Waals surface area contributed by atoms with E-state index < -0.39 is 17.5 Å². The van der Waals surface area contributed by atoms with Gasteiger partial charge in [-0.05, 0) is 42.3 Å². The fourth-order valence-electron chi connectivity index (χ4n) is 3.37. The predicted molar refractivity (Wildman–Crippen MR) is 85.8 cm³/mol. The van der Waals surface area contributed by atoms with Gasteiger partial charge in [0.05, 0.1) is 6.04 Å². The zero-order valence-electron chi connectivity index (χ0n) is 13.5. The molecule has 3 nitrogen and oxygen atoms in total. The minimum absolute atomic E-state index is 0.0365. The van der Waals surface area contributed by atoms with E-state index in [0.717, 1.165) is 37.2 Å². The number of hydrogen-bond donors (Lipinski definition) is 1. The normalized spacial score (nSPS) is 21.3. The van der Waals surface area contributed by atoms with Crippen LogP contribution in [0.1, 0.15) is 30.5 Å². The first-order valence-electron chi connectivity index (χ1n) is 8.11. The molecule has 2 heterocycles. The molecular weight excluding hydrogens is 315 g/mol. The molecule has 1 aliphatic rings. The first-order valence-corrected chi connectivity index (χ1v) is 8.11. The minimum Gasteiger partial charge on any atom is -0.308 e. The van der Waals surface area contributed by atoms with Crippen molar-refractivity contribution >= 4 is 0 Å². The second-order valence-electron chi connectivity index (χ2n) is 6.01. The molecule has 1 aromatic carbocycles. The van der Waals surface area contributed by atoms with Crippen molar-refractivity contribution in [2.75, 3.05) is 13.1 Å². The van der Waals surface area contributed by atoms with Gasteiger partial charge in [-0.1, -0.05) is 13.0 Å². The molecule has 0 radical (unpaired) electrons. The zero-order valence-corrected chi connectivity index (χ0v) is 13.5. The van der Waals surface area contributed by atoms with Gasteiger partial charge < -0.3 is 5.32 Å². The van der Waals surface area contributed by atoms with Crippen molar-refractivity contribution in [3.63, 3.8) is 0 Å². The van der Waals surface area contributed by atoms with Gasteiger partial charge >= 0.3 is 0 Å². The average molecular weight is 335 g/mol. The van der Waals surface area contributed by atoms with E-state index in [1.807, 2.05) is 19.1 Å². The maximum Gasteiger partial charge on any atom is 0.194 e. The highest BCUT2D eigenvalue weighted by molar-refractivity contribution is 5.25. The fraction of sp³-hybridized carbons (Fsp3) is 0.389. The van der Waals surface area contributed by atoms with Crippen molar-refractivity contribution in [2.24, 2.45) is 0 Å². The summed E-state index contributed by atoms with van der Waals surface area (Å²) in [5, 5.41) is 3.44. The molecule has 2 atom stereocenters. The Balaban J connectivity index is 1.81. The molecule has 1 saturated heterocycles. The lowest BCUT2D eigenvalue weighted by Crippen LogP contribution is -2.36. The van der Waals surface area contributed by atoms with Crippen LogP contribution in [0.25, 0.3) is 0 Å². The second-order valence-corrected chi connectivity index (χ2v) is 6.01. The summed E-state index contributed by atoms with van der Waals surface area (Å²) in [7, 11) is 0. The number of likely N-dealkylation sites (N-methyl/N-ethyl adjacent to an activating group) is 1. The van der Waals surface area contributed by atoms with Crippen LogP contribution in [-0.2, 0) is 6.54 Å². The van der Waals surface area contributed by atoms with Crippen LogP contribution >= 0.6 is 0 Å². The first-order chi connectivity index (χ1) is 11.6. The van der Waals surface area contributed by atoms with Gasteiger partial charge in [0.1, 0.15) is 0 Å². The first kappa shape index (κ1) is 16.9. The summed E-state index contributed by atoms with van der Waals surface area (Å²) in [5.41, 5.74) is 1.51. The molecule has 6 heteroatoms. The number of halogens is 3. The molecule has 0 saturated carbocycles. The van der Waals surface area contributed by atoms with Crippen molar-refractivity contribution in [3.8, 4) is 0 Å². The van der Waals surface area contributed by atoms with Crippen LogP contribution in [0.15, 0.2) is 36.7 Å². The number of nitrogens with one attached hydrogen (secondary N) is 1. The van der Waals surface area contributed by atoms with E-state index in [1.165, 1.54) is 0 Å².